The van der Waals surface area contributed by atoms with Crippen LogP contribution in [0.1, 0.15) is 11.1 Å². The summed E-state index contributed by atoms with van der Waals surface area (Å²) in [6.45, 7) is 4.27. The Morgan fingerprint density at radius 3 is 1.60 bits per heavy atom. The fourth-order valence-electron chi connectivity index (χ4n) is 10.2. The van der Waals surface area contributed by atoms with Gasteiger partial charge in [0.05, 0.1) is 34.3 Å². The van der Waals surface area contributed by atoms with Gasteiger partial charge in [0.25, 0.3) is 0 Å². The summed E-state index contributed by atoms with van der Waals surface area (Å²) in [5.74, 6) is 0.543. The zero-order valence-electron chi connectivity index (χ0n) is 38.0. The van der Waals surface area contributed by atoms with E-state index in [1.54, 1.807) is 0 Å². The minimum Gasteiger partial charge on any atom is -0.456 e. The molecule has 332 valence electrons. The monoisotopic (exact) mass is 901 g/mol. The third-order valence-corrected chi connectivity index (χ3v) is 13.4. The lowest BCUT2D eigenvalue weighted by Crippen LogP contribution is -2.12. The number of furan rings is 2. The van der Waals surface area contributed by atoms with E-state index >= 15 is 0 Å². The van der Waals surface area contributed by atoms with Crippen molar-refractivity contribution < 1.29 is 8.83 Å². The smallest absolute Gasteiger partial charge is 0.137 e. The summed E-state index contributed by atoms with van der Waals surface area (Å²) in [5, 5.41) is 9.26. The summed E-state index contributed by atoms with van der Waals surface area (Å²) < 4.78 is 17.6. The maximum Gasteiger partial charge on any atom is 0.137 e. The average Bonchev–Trinajstić information content (AvgIpc) is 4.15. The molecular formula is C63H43N5O2. The Labute approximate surface area is 402 Å². The molecule has 7 nitrogen and oxygen atoms in total. The third kappa shape index (κ3) is 6.90. The molecule has 0 saturated carbocycles. The zero-order chi connectivity index (χ0) is 46.7. The number of fused-ring (bicyclic) bond motifs is 12. The van der Waals surface area contributed by atoms with E-state index in [1.165, 1.54) is 27.1 Å². The van der Waals surface area contributed by atoms with Crippen LogP contribution in [-0.2, 0) is 6.54 Å². The van der Waals surface area contributed by atoms with Crippen LogP contribution in [0, 0.1) is 0 Å². The molecule has 0 spiro atoms. The van der Waals surface area contributed by atoms with Crippen molar-refractivity contribution in [1.29, 1.82) is 0 Å². The van der Waals surface area contributed by atoms with E-state index in [-0.39, 0.29) is 0 Å². The Kier molecular flexibility index (Phi) is 9.73. The summed E-state index contributed by atoms with van der Waals surface area (Å²) in [5.41, 5.74) is 21.4. The molecule has 0 fully saturated rings. The number of aromatic nitrogens is 2. The minimum atomic E-state index is 0.543. The van der Waals surface area contributed by atoms with Crippen molar-refractivity contribution in [3.63, 3.8) is 0 Å². The van der Waals surface area contributed by atoms with E-state index in [1.807, 2.05) is 72.8 Å². The summed E-state index contributed by atoms with van der Waals surface area (Å²) in [6, 6.07) is 78.0. The summed E-state index contributed by atoms with van der Waals surface area (Å²) in [6.07, 6.45) is 0. The number of amidine groups is 1. The Hall–Kier alpha value is -9.46. The van der Waals surface area contributed by atoms with Gasteiger partial charge in [0.15, 0.2) is 0 Å². The molecule has 7 heteroatoms. The van der Waals surface area contributed by atoms with Crippen molar-refractivity contribution >= 4 is 106 Å². The number of aliphatic imine (C=N–C) groups is 2. The number of para-hydroxylation sites is 4. The molecule has 0 bridgehead atoms. The number of rotatable bonds is 7. The quantitative estimate of drug-likeness (QED) is 0.128. The number of nitrogens with two attached hydrogens (primary N) is 1. The first-order valence-electron chi connectivity index (χ1n) is 23.4. The largest absolute Gasteiger partial charge is 0.456 e. The molecule has 0 aliphatic carbocycles. The SMILES string of the molecule is C=NCc1ccc(-n2c3ccc(-c4ccc5oc6cc7c(cc6c5c4)c4ccccc4n7-c4ccccc4)cc3c3cc4c(cc32)oc2ccccc24)cc1.NC(=Nc1ccccc1)c1ccccc1. The van der Waals surface area contributed by atoms with Gasteiger partial charge >= 0.3 is 0 Å². The van der Waals surface area contributed by atoms with Gasteiger partial charge in [-0.1, -0.05) is 127 Å². The van der Waals surface area contributed by atoms with Gasteiger partial charge in [-0.25, -0.2) is 4.99 Å². The Balaban J connectivity index is 0.000000275. The normalized spacial score (nSPS) is 12.0. The highest BCUT2D eigenvalue weighted by Gasteiger charge is 2.20. The van der Waals surface area contributed by atoms with E-state index in [0.717, 1.165) is 99.7 Å². The number of hydrogen-bond acceptors (Lipinski definition) is 4. The Bertz CT molecular complexity index is 4330. The van der Waals surface area contributed by atoms with Crippen LogP contribution in [0.15, 0.2) is 243 Å². The lowest BCUT2D eigenvalue weighted by Gasteiger charge is -2.09. The van der Waals surface area contributed by atoms with Crippen molar-refractivity contribution in [2.45, 2.75) is 6.54 Å². The lowest BCUT2D eigenvalue weighted by atomic mass is 10.00. The number of hydrogen-bond donors (Lipinski definition) is 1. The van der Waals surface area contributed by atoms with Gasteiger partial charge in [-0.15, -0.1) is 0 Å². The van der Waals surface area contributed by atoms with Crippen LogP contribution < -0.4 is 5.73 Å². The van der Waals surface area contributed by atoms with Gasteiger partial charge < -0.3 is 23.7 Å². The molecule has 70 heavy (non-hydrogen) atoms. The van der Waals surface area contributed by atoms with Crippen molar-refractivity contribution in [3.05, 3.63) is 236 Å². The van der Waals surface area contributed by atoms with Crippen LogP contribution in [0.2, 0.25) is 0 Å². The van der Waals surface area contributed by atoms with E-state index < -0.39 is 0 Å². The standard InChI is InChI=1S/C50H31N3O2.C13H12N2/c1-51-29-30-15-19-34(20-16-30)53-44-21-17-31(23-37(44)39-26-41-36-12-6-8-14-47(36)54-49(41)28-46(39)53)32-18-22-48-40(24-32)42-25-38-35-11-5-7-13-43(35)52(33-9-3-2-4-10-33)45(38)27-50(42)55-48;14-13(11-7-3-1-4-8-11)15-12-9-5-2-6-10-12/h2-28H,1,29H2;1-10H,(H2,14,15). The molecule has 2 N–H and O–H groups in total. The molecule has 4 heterocycles. The maximum absolute atomic E-state index is 6.58. The van der Waals surface area contributed by atoms with Crippen LogP contribution in [0.25, 0.3) is 110 Å². The fourth-order valence-corrected chi connectivity index (χ4v) is 10.2. The van der Waals surface area contributed by atoms with Gasteiger partial charge in [-0.2, -0.15) is 0 Å². The summed E-state index contributed by atoms with van der Waals surface area (Å²) in [7, 11) is 0. The molecule has 4 aromatic heterocycles. The zero-order valence-corrected chi connectivity index (χ0v) is 38.0. The minimum absolute atomic E-state index is 0.543. The second kappa shape index (κ2) is 16.7. The van der Waals surface area contributed by atoms with Gasteiger partial charge in [0.1, 0.15) is 28.2 Å². The van der Waals surface area contributed by atoms with Crippen molar-refractivity contribution in [3.8, 4) is 22.5 Å². The predicted molar refractivity (Wildman–Crippen MR) is 292 cm³/mol. The van der Waals surface area contributed by atoms with E-state index in [9.17, 15) is 0 Å². The second-order valence-corrected chi connectivity index (χ2v) is 17.6. The number of nitrogens with zero attached hydrogens (tertiary/aromatic N) is 4. The van der Waals surface area contributed by atoms with Crippen molar-refractivity contribution in [2.75, 3.05) is 0 Å². The van der Waals surface area contributed by atoms with Gasteiger partial charge in [0.2, 0.25) is 0 Å². The van der Waals surface area contributed by atoms with E-state index in [4.69, 9.17) is 14.6 Å². The highest BCUT2D eigenvalue weighted by Crippen LogP contribution is 2.42. The first-order chi connectivity index (χ1) is 34.6. The van der Waals surface area contributed by atoms with Gasteiger partial charge in [-0.05, 0) is 108 Å². The summed E-state index contributed by atoms with van der Waals surface area (Å²) >= 11 is 0. The first-order valence-corrected chi connectivity index (χ1v) is 23.4. The highest BCUT2D eigenvalue weighted by molar-refractivity contribution is 6.19. The average molecular weight is 902 g/mol. The molecule has 0 aliphatic heterocycles. The van der Waals surface area contributed by atoms with Gasteiger partial charge in [0, 0.05) is 72.2 Å². The number of benzene rings is 10. The molecule has 0 unspecified atom stereocenters. The van der Waals surface area contributed by atoms with Crippen LogP contribution in [0.5, 0.6) is 0 Å². The molecular weight excluding hydrogens is 859 g/mol. The van der Waals surface area contributed by atoms with E-state index in [0.29, 0.717) is 12.4 Å². The van der Waals surface area contributed by atoms with Crippen molar-refractivity contribution in [2.24, 2.45) is 15.7 Å². The van der Waals surface area contributed by atoms with Crippen LogP contribution in [-0.4, -0.2) is 21.7 Å². The molecule has 0 radical (unpaired) electrons. The molecule has 14 aromatic rings. The molecule has 0 amide bonds. The van der Waals surface area contributed by atoms with E-state index in [2.05, 4.69) is 177 Å². The topological polar surface area (TPSA) is 86.9 Å². The van der Waals surface area contributed by atoms with Crippen LogP contribution in [0.4, 0.5) is 5.69 Å². The lowest BCUT2D eigenvalue weighted by molar-refractivity contribution is 0.669. The second-order valence-electron chi connectivity index (χ2n) is 17.6. The summed E-state index contributed by atoms with van der Waals surface area (Å²) in [4.78, 5) is 8.41. The van der Waals surface area contributed by atoms with Gasteiger partial charge in [-0.3, -0.25) is 4.99 Å². The molecule has 0 saturated heterocycles. The fraction of sp³-hybridized carbons (Fsp3) is 0.0159. The third-order valence-electron chi connectivity index (χ3n) is 13.4. The Morgan fingerprint density at radius 2 is 0.900 bits per heavy atom. The molecule has 0 atom stereocenters. The van der Waals surface area contributed by atoms with Crippen molar-refractivity contribution in [1.82, 2.24) is 9.13 Å². The highest BCUT2D eigenvalue weighted by atomic mass is 16.3. The molecule has 10 aromatic carbocycles. The molecule has 0 aliphatic rings. The Morgan fingerprint density at radius 1 is 0.400 bits per heavy atom. The predicted octanol–water partition coefficient (Wildman–Crippen LogP) is 16.3. The van der Waals surface area contributed by atoms with Crippen LogP contribution in [0.3, 0.4) is 0 Å². The first kappa shape index (κ1) is 40.8. The van der Waals surface area contributed by atoms with Crippen LogP contribution >= 0.6 is 0 Å². The molecule has 14 rings (SSSR count). The maximum atomic E-state index is 6.58.